The highest BCUT2D eigenvalue weighted by Crippen LogP contribution is 2.32. The van der Waals surface area contributed by atoms with E-state index >= 15 is 0 Å². The van der Waals surface area contributed by atoms with Crippen molar-refractivity contribution in [3.63, 3.8) is 0 Å². The highest BCUT2D eigenvalue weighted by atomic mass is 16.6. The van der Waals surface area contributed by atoms with Gasteiger partial charge in [-0.3, -0.25) is 19.5 Å². The van der Waals surface area contributed by atoms with Crippen molar-refractivity contribution in [3.8, 4) is 22.4 Å². The average Bonchev–Trinajstić information content (AvgIpc) is 4.07. The van der Waals surface area contributed by atoms with Gasteiger partial charge < -0.3 is 44.9 Å². The number of amides is 5. The van der Waals surface area contributed by atoms with Crippen LogP contribution >= 0.6 is 0 Å². The van der Waals surface area contributed by atoms with Gasteiger partial charge in [0.15, 0.2) is 0 Å². The predicted octanol–water partition coefficient (Wildman–Crippen LogP) is 5.62. The standard InChI is InChI=1S/C44H59N9O8/c1-25(2)35(49-41(56)59-8)39(54)52-20-10-11-33(52)37-45-21-31(47-37)29-16-12-27(13-17-29)28-14-18-30(19-15-28)32-22-46-38(48-32)34-23-51(43(58)61-44(5,6)7)24-53(34)40(55)36(26(3)4)50-42(57)60-9/h12-19,22,25-26,31,33-36H,10-11,20-21,23-24H2,1-9H3,(H,45,47)(H,46,48)(H,49,56)(H,50,57)/t31?,33-,34-,35-,36-/m0/s1. The van der Waals surface area contributed by atoms with E-state index in [2.05, 4.69) is 50.2 Å². The number of hydrogen-bond acceptors (Lipinski definition) is 11. The zero-order valence-electron chi connectivity index (χ0n) is 36.5. The summed E-state index contributed by atoms with van der Waals surface area (Å²) in [6.07, 6.45) is 1.44. The molecular formula is C44H59N9O8. The monoisotopic (exact) mass is 841 g/mol. The zero-order chi connectivity index (χ0) is 44.2. The van der Waals surface area contributed by atoms with Gasteiger partial charge in [-0.1, -0.05) is 76.2 Å². The lowest BCUT2D eigenvalue weighted by Gasteiger charge is -2.31. The molecule has 1 unspecified atom stereocenters. The molecule has 2 saturated heterocycles. The molecule has 2 aromatic carbocycles. The smallest absolute Gasteiger partial charge is 0.411 e. The van der Waals surface area contributed by atoms with E-state index in [1.54, 1.807) is 27.0 Å². The minimum atomic E-state index is -0.896. The molecule has 0 radical (unpaired) electrons. The SMILES string of the molecule is COC(=O)N[C@H](C(=O)N1CCC[C@H]1C1=NCC(c2ccc(-c3ccc(-c4cnc([C@@H]5CN(C(=O)OC(C)(C)C)CN5C(=O)[C@@H](NC(=O)OC)C(C)C)[nH]4)cc3)cc2)N1)C(C)C. The molecule has 5 atom stereocenters. The predicted molar refractivity (Wildman–Crippen MR) is 228 cm³/mol. The van der Waals surface area contributed by atoms with E-state index in [1.807, 2.05) is 56.9 Å². The molecule has 17 nitrogen and oxygen atoms in total. The third-order valence-electron chi connectivity index (χ3n) is 11.2. The van der Waals surface area contributed by atoms with Gasteiger partial charge in [-0.2, -0.15) is 0 Å². The second-order valence-electron chi connectivity index (χ2n) is 17.4. The number of nitrogens with one attached hydrogen (secondary N) is 4. The summed E-state index contributed by atoms with van der Waals surface area (Å²) < 4.78 is 15.2. The maximum absolute atomic E-state index is 14.0. The number of alkyl carbamates (subject to hydrolysis) is 2. The van der Waals surface area contributed by atoms with Crippen LogP contribution in [0.1, 0.15) is 84.8 Å². The lowest BCUT2D eigenvalue weighted by atomic mass is 9.99. The summed E-state index contributed by atoms with van der Waals surface area (Å²) in [5, 5.41) is 8.91. The molecule has 5 amide bonds. The lowest BCUT2D eigenvalue weighted by Crippen LogP contribution is -2.54. The molecule has 4 N–H and O–H groups in total. The minimum absolute atomic E-state index is 0.0321. The number of carbonyl (C=O) groups is 5. The number of likely N-dealkylation sites (tertiary alicyclic amines) is 1. The van der Waals surface area contributed by atoms with Crippen LogP contribution in [0.2, 0.25) is 0 Å². The van der Waals surface area contributed by atoms with Crippen LogP contribution in [0.4, 0.5) is 14.4 Å². The molecule has 61 heavy (non-hydrogen) atoms. The van der Waals surface area contributed by atoms with Crippen LogP contribution in [-0.2, 0) is 23.8 Å². The number of imidazole rings is 1. The lowest BCUT2D eigenvalue weighted by molar-refractivity contribution is -0.136. The number of benzene rings is 2. The minimum Gasteiger partial charge on any atom is -0.453 e. The fourth-order valence-electron chi connectivity index (χ4n) is 7.89. The Morgan fingerprint density at radius 1 is 0.787 bits per heavy atom. The number of nitrogens with zero attached hydrogens (tertiary/aromatic N) is 5. The maximum Gasteiger partial charge on any atom is 0.411 e. The second kappa shape index (κ2) is 18.6. The number of aliphatic imine (C=N–C) groups is 1. The van der Waals surface area contributed by atoms with Crippen molar-refractivity contribution in [1.29, 1.82) is 0 Å². The van der Waals surface area contributed by atoms with Crippen molar-refractivity contribution in [2.75, 3.05) is 40.5 Å². The second-order valence-corrected chi connectivity index (χ2v) is 17.4. The summed E-state index contributed by atoms with van der Waals surface area (Å²) in [7, 11) is 2.53. The highest BCUT2D eigenvalue weighted by molar-refractivity contribution is 5.95. The summed E-state index contributed by atoms with van der Waals surface area (Å²) in [5.74, 6) is 0.401. The first-order valence-electron chi connectivity index (χ1n) is 20.8. The number of H-pyrrole nitrogens is 1. The first-order valence-corrected chi connectivity index (χ1v) is 20.8. The largest absolute Gasteiger partial charge is 0.453 e. The summed E-state index contributed by atoms with van der Waals surface area (Å²) >= 11 is 0. The van der Waals surface area contributed by atoms with E-state index in [1.165, 1.54) is 24.0 Å². The van der Waals surface area contributed by atoms with Crippen LogP contribution in [-0.4, -0.2) is 125 Å². The Hall–Kier alpha value is -6.13. The van der Waals surface area contributed by atoms with E-state index in [0.29, 0.717) is 18.9 Å². The molecular weight excluding hydrogens is 783 g/mol. The Kier molecular flexibility index (Phi) is 13.6. The molecule has 4 heterocycles. The van der Waals surface area contributed by atoms with Crippen LogP contribution in [0.25, 0.3) is 22.4 Å². The molecule has 3 aliphatic rings. The Bertz CT molecular complexity index is 2090. The van der Waals surface area contributed by atoms with Crippen molar-refractivity contribution < 1.29 is 38.2 Å². The van der Waals surface area contributed by atoms with Gasteiger partial charge in [-0.05, 0) is 67.7 Å². The first-order chi connectivity index (χ1) is 29.0. The Labute approximate surface area is 357 Å². The Balaban J connectivity index is 1.12. The van der Waals surface area contributed by atoms with Crippen molar-refractivity contribution in [1.82, 2.24) is 40.6 Å². The van der Waals surface area contributed by atoms with Crippen LogP contribution < -0.4 is 16.0 Å². The molecule has 1 aromatic heterocycles. The third kappa shape index (κ3) is 10.3. The van der Waals surface area contributed by atoms with Crippen LogP contribution in [0.5, 0.6) is 0 Å². The topological polar surface area (TPSA) is 200 Å². The number of amidine groups is 1. The number of aromatic amines is 1. The highest BCUT2D eigenvalue weighted by Gasteiger charge is 2.44. The van der Waals surface area contributed by atoms with E-state index in [-0.39, 0.29) is 48.9 Å². The van der Waals surface area contributed by atoms with Gasteiger partial charge in [0.25, 0.3) is 0 Å². The van der Waals surface area contributed by atoms with Crippen LogP contribution in [0.3, 0.4) is 0 Å². The third-order valence-corrected chi connectivity index (χ3v) is 11.2. The van der Waals surface area contributed by atoms with E-state index in [9.17, 15) is 24.0 Å². The Morgan fingerprint density at radius 3 is 1.90 bits per heavy atom. The van der Waals surface area contributed by atoms with Gasteiger partial charge >= 0.3 is 18.3 Å². The van der Waals surface area contributed by atoms with Gasteiger partial charge in [0, 0.05) is 6.54 Å². The molecule has 0 saturated carbocycles. The van der Waals surface area contributed by atoms with Gasteiger partial charge in [0.1, 0.15) is 35.4 Å². The molecule has 0 bridgehead atoms. The number of rotatable bonds is 11. The summed E-state index contributed by atoms with van der Waals surface area (Å²) in [6, 6.07) is 14.0. The van der Waals surface area contributed by atoms with Crippen LogP contribution in [0.15, 0.2) is 59.7 Å². The normalized spacial score (nSPS) is 20.0. The summed E-state index contributed by atoms with van der Waals surface area (Å²) in [5.41, 5.74) is 4.02. The number of carbonyl (C=O) groups excluding carboxylic acids is 5. The van der Waals surface area contributed by atoms with E-state index < -0.39 is 42.0 Å². The zero-order valence-corrected chi connectivity index (χ0v) is 36.5. The quantitative estimate of drug-likeness (QED) is 0.176. The molecule has 3 aliphatic heterocycles. The molecule has 6 rings (SSSR count). The number of hydrogen-bond donors (Lipinski definition) is 4. The summed E-state index contributed by atoms with van der Waals surface area (Å²) in [4.78, 5) is 82.6. The van der Waals surface area contributed by atoms with Gasteiger partial charge in [0.2, 0.25) is 11.8 Å². The van der Waals surface area contributed by atoms with E-state index in [0.717, 1.165) is 46.6 Å². The van der Waals surface area contributed by atoms with E-state index in [4.69, 9.17) is 19.2 Å². The van der Waals surface area contributed by atoms with Crippen LogP contribution in [0, 0.1) is 11.8 Å². The molecule has 0 spiro atoms. The maximum atomic E-state index is 14.0. The van der Waals surface area contributed by atoms with Crippen molar-refractivity contribution >= 4 is 35.9 Å². The van der Waals surface area contributed by atoms with Gasteiger partial charge in [0.05, 0.1) is 58.0 Å². The summed E-state index contributed by atoms with van der Waals surface area (Å²) in [6.45, 7) is 14.0. The average molecular weight is 842 g/mol. The molecule has 0 aliphatic carbocycles. The Morgan fingerprint density at radius 2 is 1.34 bits per heavy atom. The number of aromatic nitrogens is 2. The molecule has 2 fully saturated rings. The number of ether oxygens (including phenoxy) is 3. The molecule has 3 aromatic rings. The van der Waals surface area contributed by atoms with Crippen molar-refractivity contribution in [2.24, 2.45) is 16.8 Å². The van der Waals surface area contributed by atoms with Gasteiger partial charge in [-0.25, -0.2) is 19.4 Å². The number of methoxy groups -OCH3 is 2. The van der Waals surface area contributed by atoms with Crippen molar-refractivity contribution in [3.05, 3.63) is 66.1 Å². The fourth-order valence-corrected chi connectivity index (χ4v) is 7.89. The van der Waals surface area contributed by atoms with Crippen molar-refractivity contribution in [2.45, 2.75) is 97.1 Å². The fraction of sp³-hybridized carbons (Fsp3) is 0.523. The van der Waals surface area contributed by atoms with Gasteiger partial charge in [-0.15, -0.1) is 0 Å². The first kappa shape index (κ1) is 44.4. The molecule has 328 valence electrons. The molecule has 17 heteroatoms.